The molecule has 0 aliphatic heterocycles. The molecule has 0 spiro atoms. The van der Waals surface area contributed by atoms with Crippen LogP contribution in [0.2, 0.25) is 0 Å². The number of aryl methyl sites for hydroxylation is 2. The summed E-state index contributed by atoms with van der Waals surface area (Å²) >= 11 is 0. The van der Waals surface area contributed by atoms with Crippen molar-refractivity contribution >= 4 is 11.6 Å². The number of hydrogen-bond acceptors (Lipinski definition) is 3. The van der Waals surface area contributed by atoms with Gasteiger partial charge in [0.15, 0.2) is 0 Å². The van der Waals surface area contributed by atoms with Crippen molar-refractivity contribution < 1.29 is 9.53 Å². The molecule has 1 atom stereocenters. The number of hydrogen-bond donors (Lipinski definition) is 1. The summed E-state index contributed by atoms with van der Waals surface area (Å²) in [6.07, 6.45) is 0. The van der Waals surface area contributed by atoms with Crippen molar-refractivity contribution in [3.63, 3.8) is 0 Å². The zero-order chi connectivity index (χ0) is 14.6. The maximum absolute atomic E-state index is 12.1. The first kappa shape index (κ1) is 15.0. The average molecular weight is 260 g/mol. The summed E-state index contributed by atoms with van der Waals surface area (Å²) in [6, 6.07) is 5.87. The molecule has 0 radical (unpaired) electrons. The van der Waals surface area contributed by atoms with Crippen LogP contribution >= 0.6 is 0 Å². The Morgan fingerprint density at radius 2 is 2.00 bits per heavy atom. The van der Waals surface area contributed by atoms with Crippen molar-refractivity contribution in [2.75, 3.05) is 12.4 Å². The average Bonchev–Trinajstić information content (AvgIpc) is 2.28. The van der Waals surface area contributed by atoms with Gasteiger partial charge in [-0.2, -0.15) is 5.26 Å². The minimum absolute atomic E-state index is 0.0260. The van der Waals surface area contributed by atoms with Crippen LogP contribution in [0.25, 0.3) is 0 Å². The molecule has 0 aliphatic carbocycles. The quantitative estimate of drug-likeness (QED) is 0.905. The van der Waals surface area contributed by atoms with Crippen LogP contribution in [-0.4, -0.2) is 13.0 Å². The summed E-state index contributed by atoms with van der Waals surface area (Å²) in [5.41, 5.74) is 2.61. The van der Waals surface area contributed by atoms with E-state index in [1.807, 2.05) is 45.9 Å². The van der Waals surface area contributed by atoms with E-state index < -0.39 is 5.92 Å². The lowest BCUT2D eigenvalue weighted by Crippen LogP contribution is -2.26. The van der Waals surface area contributed by atoms with E-state index in [2.05, 4.69) is 5.32 Å². The molecule has 4 nitrogen and oxygen atoms in total. The monoisotopic (exact) mass is 260 g/mol. The Kier molecular flexibility index (Phi) is 4.94. The molecule has 0 aliphatic rings. The van der Waals surface area contributed by atoms with Crippen molar-refractivity contribution in [3.8, 4) is 11.8 Å². The number of rotatable bonds is 4. The normalized spacial score (nSPS) is 11.8. The molecule has 4 heteroatoms. The minimum Gasteiger partial charge on any atom is -0.494 e. The highest BCUT2D eigenvalue weighted by Crippen LogP contribution is 2.30. The van der Waals surface area contributed by atoms with Gasteiger partial charge in [-0.1, -0.05) is 19.9 Å². The molecule has 0 heterocycles. The van der Waals surface area contributed by atoms with Crippen molar-refractivity contribution in [1.82, 2.24) is 0 Å². The van der Waals surface area contributed by atoms with Crippen LogP contribution < -0.4 is 10.1 Å². The second kappa shape index (κ2) is 6.24. The van der Waals surface area contributed by atoms with Crippen LogP contribution in [-0.2, 0) is 4.79 Å². The number of nitriles is 1. The fourth-order valence-corrected chi connectivity index (χ4v) is 2.04. The Hall–Kier alpha value is -2.02. The second-order valence-corrected chi connectivity index (χ2v) is 5.00. The lowest BCUT2D eigenvalue weighted by molar-refractivity contribution is -0.119. The Morgan fingerprint density at radius 3 is 2.47 bits per heavy atom. The lowest BCUT2D eigenvalue weighted by Gasteiger charge is -2.17. The molecule has 1 aromatic carbocycles. The molecule has 0 bridgehead atoms. The molecule has 1 aromatic rings. The number of ether oxygens (including phenoxy) is 1. The fourth-order valence-electron chi connectivity index (χ4n) is 2.04. The van der Waals surface area contributed by atoms with Crippen LogP contribution in [0.3, 0.4) is 0 Å². The predicted octanol–water partition coefficient (Wildman–Crippen LogP) is 3.05. The number of anilines is 1. The van der Waals surface area contributed by atoms with Crippen molar-refractivity contribution in [3.05, 3.63) is 23.3 Å². The summed E-state index contributed by atoms with van der Waals surface area (Å²) < 4.78 is 5.31. The molecule has 1 amide bonds. The van der Waals surface area contributed by atoms with Crippen LogP contribution in [0.4, 0.5) is 5.69 Å². The maximum atomic E-state index is 12.1. The maximum Gasteiger partial charge on any atom is 0.242 e. The van der Waals surface area contributed by atoms with E-state index >= 15 is 0 Å². The number of nitrogens with zero attached hydrogens (tertiary/aromatic N) is 1. The summed E-state index contributed by atoms with van der Waals surface area (Å²) in [4.78, 5) is 12.1. The van der Waals surface area contributed by atoms with Gasteiger partial charge in [-0.15, -0.1) is 0 Å². The number of benzene rings is 1. The zero-order valence-corrected chi connectivity index (χ0v) is 12.1. The molecule has 0 fully saturated rings. The highest BCUT2D eigenvalue weighted by molar-refractivity contribution is 5.95. The fraction of sp³-hybridized carbons (Fsp3) is 0.467. The highest BCUT2D eigenvalue weighted by Gasteiger charge is 2.23. The van der Waals surface area contributed by atoms with Gasteiger partial charge in [0, 0.05) is 0 Å². The van der Waals surface area contributed by atoms with Crippen molar-refractivity contribution in [2.45, 2.75) is 27.7 Å². The third kappa shape index (κ3) is 3.47. The number of nitrogens with one attached hydrogen (secondary N) is 1. The first-order valence-electron chi connectivity index (χ1n) is 6.26. The van der Waals surface area contributed by atoms with Gasteiger partial charge in [0.25, 0.3) is 0 Å². The number of methoxy groups -OCH3 is 1. The molecule has 0 saturated heterocycles. The summed E-state index contributed by atoms with van der Waals surface area (Å²) in [5, 5.41) is 11.8. The first-order valence-corrected chi connectivity index (χ1v) is 6.26. The number of amides is 1. The van der Waals surface area contributed by atoms with E-state index in [0.717, 1.165) is 11.1 Å². The van der Waals surface area contributed by atoms with E-state index in [4.69, 9.17) is 10.00 Å². The third-order valence-electron chi connectivity index (χ3n) is 2.97. The van der Waals surface area contributed by atoms with Crippen molar-refractivity contribution in [1.29, 1.82) is 5.26 Å². The van der Waals surface area contributed by atoms with Crippen LogP contribution in [0, 0.1) is 37.0 Å². The van der Waals surface area contributed by atoms with E-state index in [1.54, 1.807) is 7.11 Å². The van der Waals surface area contributed by atoms with E-state index in [1.165, 1.54) is 0 Å². The Bertz CT molecular complexity index is 516. The second-order valence-electron chi connectivity index (χ2n) is 5.00. The number of carbonyl (C=O) groups is 1. The Labute approximate surface area is 114 Å². The van der Waals surface area contributed by atoms with Gasteiger partial charge < -0.3 is 10.1 Å². The molecule has 1 rings (SSSR count). The third-order valence-corrected chi connectivity index (χ3v) is 2.97. The van der Waals surface area contributed by atoms with Gasteiger partial charge in [0.2, 0.25) is 5.91 Å². The van der Waals surface area contributed by atoms with E-state index in [9.17, 15) is 4.79 Å². The molecular weight excluding hydrogens is 240 g/mol. The highest BCUT2D eigenvalue weighted by atomic mass is 16.5. The number of carbonyl (C=O) groups excluding carboxylic acids is 1. The van der Waals surface area contributed by atoms with Gasteiger partial charge in [-0.05, 0) is 37.0 Å². The first-order chi connectivity index (χ1) is 8.90. The summed E-state index contributed by atoms with van der Waals surface area (Å²) in [7, 11) is 1.57. The molecule has 1 N–H and O–H groups in total. The van der Waals surface area contributed by atoms with E-state index in [0.29, 0.717) is 11.4 Å². The predicted molar refractivity (Wildman–Crippen MR) is 75.0 cm³/mol. The minimum atomic E-state index is -0.662. The van der Waals surface area contributed by atoms with Crippen LogP contribution in [0.15, 0.2) is 12.1 Å². The Morgan fingerprint density at radius 1 is 1.37 bits per heavy atom. The SMILES string of the molecule is COc1c(C)cc(C)cc1NC(=O)C(C#N)C(C)C. The molecule has 0 saturated carbocycles. The largest absolute Gasteiger partial charge is 0.494 e. The lowest BCUT2D eigenvalue weighted by atomic mass is 9.96. The van der Waals surface area contributed by atoms with Gasteiger partial charge >= 0.3 is 0 Å². The van der Waals surface area contributed by atoms with Gasteiger partial charge in [0.1, 0.15) is 11.7 Å². The smallest absolute Gasteiger partial charge is 0.242 e. The van der Waals surface area contributed by atoms with Gasteiger partial charge in [0.05, 0.1) is 18.9 Å². The zero-order valence-electron chi connectivity index (χ0n) is 12.1. The van der Waals surface area contributed by atoms with Crippen molar-refractivity contribution in [2.24, 2.45) is 11.8 Å². The van der Waals surface area contributed by atoms with E-state index in [-0.39, 0.29) is 11.8 Å². The standard InChI is InChI=1S/C15H20N2O2/c1-9(2)12(8-16)15(18)17-13-7-10(3)6-11(4)14(13)19-5/h6-7,9,12H,1-5H3,(H,17,18). The van der Waals surface area contributed by atoms with Crippen LogP contribution in [0.5, 0.6) is 5.75 Å². The van der Waals surface area contributed by atoms with Gasteiger partial charge in [-0.25, -0.2) is 0 Å². The topological polar surface area (TPSA) is 62.1 Å². The molecular formula is C15H20N2O2. The summed E-state index contributed by atoms with van der Waals surface area (Å²) in [5.74, 6) is -0.340. The molecule has 0 aromatic heterocycles. The molecule has 1 unspecified atom stereocenters. The molecule has 19 heavy (non-hydrogen) atoms. The summed E-state index contributed by atoms with van der Waals surface area (Å²) in [6.45, 7) is 7.58. The van der Waals surface area contributed by atoms with Crippen LogP contribution in [0.1, 0.15) is 25.0 Å². The molecule has 102 valence electrons. The Balaban J connectivity index is 3.06. The van der Waals surface area contributed by atoms with Gasteiger partial charge in [-0.3, -0.25) is 4.79 Å².